The maximum absolute atomic E-state index is 9.70. The summed E-state index contributed by atoms with van der Waals surface area (Å²) >= 11 is 0. The van der Waals surface area contributed by atoms with Gasteiger partial charge in [0, 0.05) is 0 Å². The van der Waals surface area contributed by atoms with E-state index in [1.165, 1.54) is 12.1 Å². The number of fused-ring (bicyclic) bond motifs is 1. The Labute approximate surface area is 104 Å². The van der Waals surface area contributed by atoms with Gasteiger partial charge in [0.05, 0.1) is 13.2 Å². The van der Waals surface area contributed by atoms with Crippen LogP contribution in [0.5, 0.6) is 23.3 Å². The third-order valence-corrected chi connectivity index (χ3v) is 2.28. The quantitative estimate of drug-likeness (QED) is 0.805. The van der Waals surface area contributed by atoms with Crippen LogP contribution in [-0.4, -0.2) is 33.4 Å². The molecule has 1 aromatic heterocycles. The largest absolute Gasteiger partial charge is 0.506 e. The molecule has 2 N–H and O–H groups in total. The number of benzene rings is 1. The monoisotopic (exact) mass is 250 g/mol. The standard InChI is InChI=1S/C12H14N2O4/c1-3-17-11-12(18-4-2)14-10-8(16)6-5-7(15)9(10)13-11/h5-6,15-16H,3-4H2,1-2H3. The van der Waals surface area contributed by atoms with Gasteiger partial charge in [-0.25, -0.2) is 9.97 Å². The number of phenolic OH excluding ortho intramolecular Hbond substituents is 2. The summed E-state index contributed by atoms with van der Waals surface area (Å²) in [7, 11) is 0. The van der Waals surface area contributed by atoms with E-state index in [1.807, 2.05) is 13.8 Å². The molecule has 0 radical (unpaired) electrons. The van der Waals surface area contributed by atoms with Crippen LogP contribution in [0.25, 0.3) is 11.0 Å². The lowest BCUT2D eigenvalue weighted by Gasteiger charge is -2.10. The van der Waals surface area contributed by atoms with Crippen LogP contribution in [0, 0.1) is 0 Å². The van der Waals surface area contributed by atoms with Crippen molar-refractivity contribution in [1.29, 1.82) is 0 Å². The molecule has 96 valence electrons. The van der Waals surface area contributed by atoms with Crippen molar-refractivity contribution >= 4 is 11.0 Å². The third-order valence-electron chi connectivity index (χ3n) is 2.28. The highest BCUT2D eigenvalue weighted by atomic mass is 16.5. The number of hydrogen-bond acceptors (Lipinski definition) is 6. The summed E-state index contributed by atoms with van der Waals surface area (Å²) in [5.41, 5.74) is 0.365. The van der Waals surface area contributed by atoms with Crippen LogP contribution >= 0.6 is 0 Å². The Morgan fingerprint density at radius 3 is 1.61 bits per heavy atom. The third kappa shape index (κ3) is 2.09. The van der Waals surface area contributed by atoms with E-state index in [1.54, 1.807) is 0 Å². The molecule has 0 bridgehead atoms. The number of ether oxygens (including phenoxy) is 2. The lowest BCUT2D eigenvalue weighted by molar-refractivity contribution is 0.270. The van der Waals surface area contributed by atoms with E-state index < -0.39 is 0 Å². The highest BCUT2D eigenvalue weighted by Crippen LogP contribution is 2.34. The summed E-state index contributed by atoms with van der Waals surface area (Å²) in [5.74, 6) is 0.263. The summed E-state index contributed by atoms with van der Waals surface area (Å²) in [4.78, 5) is 8.25. The van der Waals surface area contributed by atoms with Crippen molar-refractivity contribution in [2.24, 2.45) is 0 Å². The van der Waals surface area contributed by atoms with Crippen molar-refractivity contribution in [3.05, 3.63) is 12.1 Å². The molecule has 0 atom stereocenters. The summed E-state index contributed by atoms with van der Waals surface area (Å²) in [6.07, 6.45) is 0. The van der Waals surface area contributed by atoms with Crippen molar-refractivity contribution < 1.29 is 19.7 Å². The first-order valence-corrected chi connectivity index (χ1v) is 5.65. The average Bonchev–Trinajstić information content (AvgIpc) is 2.36. The van der Waals surface area contributed by atoms with Crippen LogP contribution in [0.4, 0.5) is 0 Å². The van der Waals surface area contributed by atoms with Gasteiger partial charge in [-0.3, -0.25) is 0 Å². The Bertz CT molecular complexity index is 521. The Balaban J connectivity index is 2.67. The average molecular weight is 250 g/mol. The van der Waals surface area contributed by atoms with E-state index in [9.17, 15) is 10.2 Å². The van der Waals surface area contributed by atoms with Gasteiger partial charge in [-0.1, -0.05) is 0 Å². The fourth-order valence-corrected chi connectivity index (χ4v) is 1.54. The minimum absolute atomic E-state index is 0.0701. The first-order valence-electron chi connectivity index (χ1n) is 5.65. The van der Waals surface area contributed by atoms with Gasteiger partial charge < -0.3 is 19.7 Å². The Morgan fingerprint density at radius 2 is 1.28 bits per heavy atom. The second kappa shape index (κ2) is 4.95. The molecule has 0 aliphatic carbocycles. The van der Waals surface area contributed by atoms with Crippen molar-refractivity contribution in [3.8, 4) is 23.3 Å². The number of phenols is 2. The van der Waals surface area contributed by atoms with Gasteiger partial charge in [0.2, 0.25) is 0 Å². The van der Waals surface area contributed by atoms with Crippen LogP contribution in [0.3, 0.4) is 0 Å². The van der Waals surface area contributed by atoms with Crippen molar-refractivity contribution in [3.63, 3.8) is 0 Å². The Morgan fingerprint density at radius 1 is 0.889 bits per heavy atom. The summed E-state index contributed by atoms with van der Waals surface area (Å²) in [6, 6.07) is 2.70. The van der Waals surface area contributed by atoms with Gasteiger partial charge in [-0.05, 0) is 26.0 Å². The molecule has 0 unspecified atom stereocenters. The Hall–Kier alpha value is -2.24. The van der Waals surface area contributed by atoms with Crippen molar-refractivity contribution in [2.75, 3.05) is 13.2 Å². The summed E-state index contributed by atoms with van der Waals surface area (Å²) in [6.45, 7) is 4.42. The van der Waals surface area contributed by atoms with Gasteiger partial charge >= 0.3 is 0 Å². The zero-order chi connectivity index (χ0) is 13.1. The fourth-order valence-electron chi connectivity index (χ4n) is 1.54. The Kier molecular flexibility index (Phi) is 3.36. The predicted molar refractivity (Wildman–Crippen MR) is 65.2 cm³/mol. The smallest absolute Gasteiger partial charge is 0.278 e. The molecule has 0 saturated carbocycles. The molecule has 1 aromatic carbocycles. The molecule has 2 aromatic rings. The second-order valence-electron chi connectivity index (χ2n) is 3.50. The molecule has 0 saturated heterocycles. The maximum atomic E-state index is 9.70. The number of aromatic nitrogens is 2. The van der Waals surface area contributed by atoms with Crippen molar-refractivity contribution in [1.82, 2.24) is 9.97 Å². The fraction of sp³-hybridized carbons (Fsp3) is 0.333. The van der Waals surface area contributed by atoms with E-state index in [-0.39, 0.29) is 34.3 Å². The first-order chi connectivity index (χ1) is 8.67. The van der Waals surface area contributed by atoms with Gasteiger partial charge in [-0.2, -0.15) is 0 Å². The van der Waals surface area contributed by atoms with Gasteiger partial charge in [-0.15, -0.1) is 0 Å². The van der Waals surface area contributed by atoms with Crippen LogP contribution in [-0.2, 0) is 0 Å². The SMILES string of the molecule is CCOc1nc2c(O)ccc(O)c2nc1OCC. The predicted octanol–water partition coefficient (Wildman–Crippen LogP) is 1.84. The molecule has 0 amide bonds. The number of nitrogens with zero attached hydrogens (tertiary/aromatic N) is 2. The molecule has 2 rings (SSSR count). The maximum Gasteiger partial charge on any atom is 0.278 e. The van der Waals surface area contributed by atoms with Gasteiger partial charge in [0.25, 0.3) is 11.8 Å². The second-order valence-corrected chi connectivity index (χ2v) is 3.50. The van der Waals surface area contributed by atoms with E-state index >= 15 is 0 Å². The highest BCUT2D eigenvalue weighted by molar-refractivity contribution is 5.86. The van der Waals surface area contributed by atoms with E-state index in [0.29, 0.717) is 13.2 Å². The number of rotatable bonds is 4. The topological polar surface area (TPSA) is 84.7 Å². The van der Waals surface area contributed by atoms with Crippen LogP contribution in [0.15, 0.2) is 12.1 Å². The van der Waals surface area contributed by atoms with Crippen molar-refractivity contribution in [2.45, 2.75) is 13.8 Å². The van der Waals surface area contributed by atoms with Crippen LogP contribution < -0.4 is 9.47 Å². The zero-order valence-corrected chi connectivity index (χ0v) is 10.2. The molecule has 0 spiro atoms. The molecule has 0 aliphatic heterocycles. The lowest BCUT2D eigenvalue weighted by Crippen LogP contribution is -2.03. The number of aromatic hydroxyl groups is 2. The molecule has 6 nitrogen and oxygen atoms in total. The van der Waals surface area contributed by atoms with E-state index in [2.05, 4.69) is 9.97 Å². The van der Waals surface area contributed by atoms with Crippen LogP contribution in [0.2, 0.25) is 0 Å². The van der Waals surface area contributed by atoms with E-state index in [4.69, 9.17) is 9.47 Å². The lowest BCUT2D eigenvalue weighted by atomic mass is 10.2. The van der Waals surface area contributed by atoms with Crippen LogP contribution in [0.1, 0.15) is 13.8 Å². The highest BCUT2D eigenvalue weighted by Gasteiger charge is 2.15. The molecule has 0 aliphatic rings. The molecular formula is C12H14N2O4. The normalized spacial score (nSPS) is 10.6. The molecule has 6 heteroatoms. The first kappa shape index (κ1) is 12.2. The molecule has 0 fully saturated rings. The molecule has 1 heterocycles. The number of hydrogen-bond donors (Lipinski definition) is 2. The molecule has 18 heavy (non-hydrogen) atoms. The summed E-state index contributed by atoms with van der Waals surface area (Å²) in [5, 5.41) is 19.4. The minimum Gasteiger partial charge on any atom is -0.506 e. The zero-order valence-electron chi connectivity index (χ0n) is 10.2. The van der Waals surface area contributed by atoms with Gasteiger partial charge in [0.1, 0.15) is 22.5 Å². The minimum atomic E-state index is -0.0701. The van der Waals surface area contributed by atoms with E-state index in [0.717, 1.165) is 0 Å². The molecular weight excluding hydrogens is 236 g/mol. The van der Waals surface area contributed by atoms with Gasteiger partial charge in [0.15, 0.2) is 0 Å². The summed E-state index contributed by atoms with van der Waals surface area (Å²) < 4.78 is 10.6.